The van der Waals surface area contributed by atoms with Gasteiger partial charge >= 0.3 is 0 Å². The van der Waals surface area contributed by atoms with Crippen LogP contribution in [0.3, 0.4) is 0 Å². The van der Waals surface area contributed by atoms with Crippen LogP contribution >= 0.6 is 0 Å². The van der Waals surface area contributed by atoms with Crippen LogP contribution in [-0.2, 0) is 9.53 Å². The molecule has 2 aliphatic heterocycles. The highest BCUT2D eigenvalue weighted by Gasteiger charge is 2.31. The van der Waals surface area contributed by atoms with Gasteiger partial charge in [-0.3, -0.25) is 4.79 Å². The maximum Gasteiger partial charge on any atom is 0.231 e. The summed E-state index contributed by atoms with van der Waals surface area (Å²) in [5, 5.41) is 3.35. The number of ether oxygens (including phenoxy) is 3. The lowest BCUT2D eigenvalue weighted by atomic mass is 9.96. The molecule has 0 saturated carbocycles. The Bertz CT molecular complexity index is 613. The minimum atomic E-state index is -0.264. The fourth-order valence-electron chi connectivity index (χ4n) is 2.93. The number of benzene rings is 1. The molecule has 0 amide bonds. The molecule has 1 saturated heterocycles. The van der Waals surface area contributed by atoms with E-state index in [4.69, 9.17) is 14.2 Å². The highest BCUT2D eigenvalue weighted by Crippen LogP contribution is 2.32. The highest BCUT2D eigenvalue weighted by molar-refractivity contribution is 5.93. The van der Waals surface area contributed by atoms with E-state index in [1.54, 1.807) is 6.08 Å². The molecule has 1 N–H and O–H groups in total. The number of rotatable bonds is 5. The van der Waals surface area contributed by atoms with Crippen molar-refractivity contribution in [1.82, 2.24) is 5.32 Å². The molecule has 0 bridgehead atoms. The number of hydrogen-bond donors (Lipinski definition) is 1. The number of carbonyl (C=O) groups is 1. The zero-order valence-corrected chi connectivity index (χ0v) is 13.6. The van der Waals surface area contributed by atoms with E-state index in [1.807, 2.05) is 31.2 Å². The third kappa shape index (κ3) is 4.12. The van der Waals surface area contributed by atoms with Gasteiger partial charge < -0.3 is 19.5 Å². The monoisotopic (exact) mass is 317 g/mol. The van der Waals surface area contributed by atoms with Crippen LogP contribution in [0.5, 0.6) is 11.5 Å². The van der Waals surface area contributed by atoms with E-state index in [1.165, 1.54) is 0 Å². The Morgan fingerprint density at radius 2 is 2.22 bits per heavy atom. The molecule has 2 heterocycles. The molecule has 0 radical (unpaired) electrons. The van der Waals surface area contributed by atoms with E-state index in [0.29, 0.717) is 12.8 Å². The van der Waals surface area contributed by atoms with Crippen molar-refractivity contribution in [3.63, 3.8) is 0 Å². The Balaban J connectivity index is 1.53. The van der Waals surface area contributed by atoms with Gasteiger partial charge in [-0.2, -0.15) is 0 Å². The second-order valence-electron chi connectivity index (χ2n) is 6.42. The van der Waals surface area contributed by atoms with Crippen LogP contribution in [0.15, 0.2) is 24.3 Å². The molecule has 5 nitrogen and oxygen atoms in total. The third-order valence-electron chi connectivity index (χ3n) is 4.17. The average Bonchev–Trinajstić information content (AvgIpc) is 2.98. The molecule has 5 heteroatoms. The summed E-state index contributed by atoms with van der Waals surface area (Å²) >= 11 is 0. The van der Waals surface area contributed by atoms with Crippen molar-refractivity contribution >= 4 is 11.9 Å². The van der Waals surface area contributed by atoms with Crippen molar-refractivity contribution in [3.8, 4) is 11.5 Å². The summed E-state index contributed by atoms with van der Waals surface area (Å²) in [5.41, 5.74) is 0.665. The summed E-state index contributed by atoms with van der Waals surface area (Å²) in [5.74, 6) is 1.57. The van der Waals surface area contributed by atoms with E-state index in [9.17, 15) is 4.79 Å². The van der Waals surface area contributed by atoms with E-state index < -0.39 is 0 Å². The van der Waals surface area contributed by atoms with Crippen molar-refractivity contribution in [3.05, 3.63) is 29.8 Å². The number of fused-ring (bicyclic) bond motifs is 1. The number of allylic oxidation sites excluding steroid dienone is 1. The number of morpholine rings is 1. The zero-order chi connectivity index (χ0) is 16.3. The number of carbonyl (C=O) groups excluding carboxylic acids is 1. The number of nitrogens with one attached hydrogen (secondary N) is 1. The maximum atomic E-state index is 12.1. The highest BCUT2D eigenvalue weighted by atomic mass is 16.7. The Hall–Kier alpha value is -1.85. The van der Waals surface area contributed by atoms with Gasteiger partial charge in [0, 0.05) is 19.5 Å². The molecule has 2 atom stereocenters. The summed E-state index contributed by atoms with van der Waals surface area (Å²) in [6.07, 6.45) is 4.82. The minimum Gasteiger partial charge on any atom is -0.454 e. The SMILES string of the molecule is CC1CNCC(C)(CCC(=O)C=Cc2ccc3c(c2)OCO3)O1. The molecule has 23 heavy (non-hydrogen) atoms. The Morgan fingerprint density at radius 3 is 3.04 bits per heavy atom. The molecule has 2 unspecified atom stereocenters. The molecule has 0 aliphatic carbocycles. The first kappa shape index (κ1) is 16.0. The predicted octanol–water partition coefficient (Wildman–Crippen LogP) is 2.54. The largest absolute Gasteiger partial charge is 0.454 e. The lowest BCUT2D eigenvalue weighted by molar-refractivity contribution is -0.121. The van der Waals surface area contributed by atoms with Gasteiger partial charge in [0.25, 0.3) is 0 Å². The first-order chi connectivity index (χ1) is 11.0. The molecular formula is C18H23NO4. The van der Waals surface area contributed by atoms with Crippen LogP contribution in [-0.4, -0.2) is 37.4 Å². The average molecular weight is 317 g/mol. The molecule has 0 aromatic heterocycles. The van der Waals surface area contributed by atoms with Gasteiger partial charge in [0.2, 0.25) is 6.79 Å². The van der Waals surface area contributed by atoms with Crippen molar-refractivity contribution < 1.29 is 19.0 Å². The maximum absolute atomic E-state index is 12.1. The van der Waals surface area contributed by atoms with Crippen molar-refractivity contribution in [2.75, 3.05) is 19.9 Å². The van der Waals surface area contributed by atoms with E-state index in [0.717, 1.165) is 30.2 Å². The van der Waals surface area contributed by atoms with E-state index in [-0.39, 0.29) is 24.3 Å². The van der Waals surface area contributed by atoms with Crippen LogP contribution in [0, 0.1) is 0 Å². The predicted molar refractivity (Wildman–Crippen MR) is 87.7 cm³/mol. The van der Waals surface area contributed by atoms with Gasteiger partial charge in [-0.25, -0.2) is 0 Å². The lowest BCUT2D eigenvalue weighted by Gasteiger charge is -2.38. The van der Waals surface area contributed by atoms with Gasteiger partial charge in [-0.15, -0.1) is 0 Å². The van der Waals surface area contributed by atoms with Gasteiger partial charge in [0.15, 0.2) is 17.3 Å². The molecule has 124 valence electrons. The molecule has 1 fully saturated rings. The van der Waals surface area contributed by atoms with Crippen molar-refractivity contribution in [2.24, 2.45) is 0 Å². The molecule has 0 spiro atoms. The van der Waals surface area contributed by atoms with Crippen molar-refractivity contribution in [2.45, 2.75) is 38.4 Å². The molecule has 3 rings (SSSR count). The number of ketones is 1. The molecule has 1 aromatic rings. The molecule has 2 aliphatic rings. The van der Waals surface area contributed by atoms with Gasteiger partial charge in [0.1, 0.15) is 0 Å². The Kier molecular flexibility index (Phi) is 4.68. The normalized spacial score (nSPS) is 26.6. The van der Waals surface area contributed by atoms with E-state index in [2.05, 4.69) is 12.2 Å². The van der Waals surface area contributed by atoms with Gasteiger partial charge in [-0.1, -0.05) is 12.1 Å². The summed E-state index contributed by atoms with van der Waals surface area (Å²) in [4.78, 5) is 12.1. The smallest absolute Gasteiger partial charge is 0.231 e. The summed E-state index contributed by atoms with van der Waals surface area (Å²) in [6.45, 7) is 6.02. The van der Waals surface area contributed by atoms with Crippen LogP contribution in [0.4, 0.5) is 0 Å². The summed E-state index contributed by atoms with van der Waals surface area (Å²) in [6, 6.07) is 5.65. The lowest BCUT2D eigenvalue weighted by Crippen LogP contribution is -2.51. The topological polar surface area (TPSA) is 56.8 Å². The van der Waals surface area contributed by atoms with Crippen LogP contribution in [0.25, 0.3) is 6.08 Å². The quantitative estimate of drug-likeness (QED) is 0.846. The van der Waals surface area contributed by atoms with Crippen LogP contribution in [0.1, 0.15) is 32.3 Å². The van der Waals surface area contributed by atoms with E-state index >= 15 is 0 Å². The Labute approximate surface area is 136 Å². The molecular weight excluding hydrogens is 294 g/mol. The van der Waals surface area contributed by atoms with Gasteiger partial charge in [0.05, 0.1) is 11.7 Å². The summed E-state index contributed by atoms with van der Waals surface area (Å²) < 4.78 is 16.6. The Morgan fingerprint density at radius 1 is 1.39 bits per heavy atom. The third-order valence-corrected chi connectivity index (χ3v) is 4.17. The second kappa shape index (κ2) is 6.72. The minimum absolute atomic E-state index is 0.103. The summed E-state index contributed by atoms with van der Waals surface area (Å²) in [7, 11) is 0. The first-order valence-electron chi connectivity index (χ1n) is 8.03. The first-order valence-corrected chi connectivity index (χ1v) is 8.03. The zero-order valence-electron chi connectivity index (χ0n) is 13.6. The van der Waals surface area contributed by atoms with Crippen LogP contribution < -0.4 is 14.8 Å². The number of hydrogen-bond acceptors (Lipinski definition) is 5. The van der Waals surface area contributed by atoms with Crippen molar-refractivity contribution in [1.29, 1.82) is 0 Å². The fourth-order valence-corrected chi connectivity index (χ4v) is 2.93. The van der Waals surface area contributed by atoms with Gasteiger partial charge in [-0.05, 0) is 44.0 Å². The standard InChI is InChI=1S/C18H23NO4/c1-13-10-19-11-18(2,23-13)8-7-15(20)5-3-14-4-6-16-17(9-14)22-12-21-16/h3-6,9,13,19H,7-8,10-12H2,1-2H3. The second-order valence-corrected chi connectivity index (χ2v) is 6.42. The molecule has 1 aromatic carbocycles. The van der Waals surface area contributed by atoms with Crippen LogP contribution in [0.2, 0.25) is 0 Å². The fraction of sp³-hybridized carbons (Fsp3) is 0.500.